The van der Waals surface area contributed by atoms with E-state index in [2.05, 4.69) is 62.5 Å². The van der Waals surface area contributed by atoms with Crippen molar-refractivity contribution in [1.82, 2.24) is 87.0 Å². The number of piperidine rings is 3. The van der Waals surface area contributed by atoms with Crippen LogP contribution in [0.2, 0.25) is 0 Å². The van der Waals surface area contributed by atoms with E-state index in [1.54, 1.807) is 141 Å². The summed E-state index contributed by atoms with van der Waals surface area (Å²) in [6, 6.07) is 60.1. The van der Waals surface area contributed by atoms with Crippen LogP contribution in [0.4, 0.5) is 37.1 Å². The summed E-state index contributed by atoms with van der Waals surface area (Å²) in [5.41, 5.74) is 5.16. The number of benzene rings is 9. The number of nitrogens with one attached hydrogen (secondary N) is 6. The van der Waals surface area contributed by atoms with Gasteiger partial charge in [-0.1, -0.05) is 173 Å². The highest BCUT2D eigenvalue weighted by atomic mass is 35.5. The normalized spacial score (nSPS) is 15.7. The molecule has 150 heavy (non-hydrogen) atoms. The molecule has 2 aromatic heterocycles. The van der Waals surface area contributed by atoms with Crippen LogP contribution in [0.3, 0.4) is 0 Å². The number of amides is 8. The summed E-state index contributed by atoms with van der Waals surface area (Å²) in [5.74, 6) is -2.22. The number of hydrogen-bond donors (Lipinski definition) is 9. The zero-order valence-electron chi connectivity index (χ0n) is 86.9. The van der Waals surface area contributed by atoms with E-state index in [0.717, 1.165) is 33.4 Å². The summed E-state index contributed by atoms with van der Waals surface area (Å²) in [6.07, 6.45) is 2.80. The molecule has 8 amide bonds. The van der Waals surface area contributed by atoms with Crippen molar-refractivity contribution >= 4 is 60.6 Å². The molecule has 38 heteroatoms. The number of aromatic nitrogens is 8. The third kappa shape index (κ3) is 31.5. The molecule has 9 N–H and O–H groups in total. The molecule has 0 saturated carbocycles. The van der Waals surface area contributed by atoms with E-state index in [0.29, 0.717) is 175 Å². The zero-order valence-corrected chi connectivity index (χ0v) is 87.8. The minimum Gasteiger partial charge on any atom is -0.453 e. The van der Waals surface area contributed by atoms with Crippen molar-refractivity contribution < 1.29 is 90.5 Å². The number of likely N-dealkylation sites (tertiary alicyclic amines) is 3. The second kappa shape index (κ2) is 54.0. The average Bonchev–Trinajstić information content (AvgIpc) is 0.879. The fraction of sp³-hybridized carbons (Fsp3) is 0.420. The van der Waals surface area contributed by atoms with E-state index in [-0.39, 0.29) is 114 Å². The molecule has 3 aliphatic rings. The van der Waals surface area contributed by atoms with Gasteiger partial charge in [-0.25, -0.2) is 37.1 Å². The Bertz CT molecular complexity index is 6400. The van der Waals surface area contributed by atoms with E-state index in [1.807, 2.05) is 124 Å². The van der Waals surface area contributed by atoms with Crippen molar-refractivity contribution in [3.05, 3.63) is 296 Å². The lowest BCUT2D eigenvalue weighted by Crippen LogP contribution is -2.48. The topological polar surface area (TPSA) is 440 Å². The number of carbonyl (C=O) groups excluding carboxylic acids is 8. The maximum absolute atomic E-state index is 15.8. The van der Waals surface area contributed by atoms with Crippen molar-refractivity contribution in [1.29, 1.82) is 5.26 Å². The first-order chi connectivity index (χ1) is 71.3. The van der Waals surface area contributed by atoms with Crippen LogP contribution < -0.4 is 21.3 Å². The predicted molar refractivity (Wildman–Crippen MR) is 559 cm³/mol. The summed E-state index contributed by atoms with van der Waals surface area (Å²) in [6.45, 7) is 20.8. The molecular weight excluding hydrogens is 1950 g/mol. The number of hydrogen-bond acceptors (Lipinski definition) is 24. The Morgan fingerprint density at radius 2 is 0.753 bits per heavy atom. The lowest BCUT2D eigenvalue weighted by Gasteiger charge is -2.43. The van der Waals surface area contributed by atoms with Gasteiger partial charge >= 0.3 is 30.5 Å². The highest BCUT2D eigenvalue weighted by Gasteiger charge is 2.48. The van der Waals surface area contributed by atoms with Gasteiger partial charge in [0, 0.05) is 123 Å². The first kappa shape index (κ1) is 116. The number of ether oxygens (including phenoxy) is 5. The van der Waals surface area contributed by atoms with Crippen molar-refractivity contribution in [2.75, 3.05) is 86.8 Å². The van der Waals surface area contributed by atoms with Crippen molar-refractivity contribution in [3.8, 4) is 39.4 Å². The Hall–Kier alpha value is -14.7. The van der Waals surface area contributed by atoms with Gasteiger partial charge in [0.25, 0.3) is 17.7 Å². The Morgan fingerprint density at radius 3 is 1.07 bits per heavy atom. The maximum Gasteiger partial charge on any atom is 0.411 e. The molecule has 3 unspecified atom stereocenters. The number of aryl methyl sites for hydroxylation is 3. The Balaban J connectivity index is 0.000000213. The van der Waals surface area contributed by atoms with Gasteiger partial charge in [0.15, 0.2) is 11.6 Å². The van der Waals surface area contributed by atoms with Gasteiger partial charge < -0.3 is 75.0 Å². The number of alkyl carbamates (subject to hydrolysis) is 3. The number of aliphatic hydroxyl groups is 3. The second-order valence-electron chi connectivity index (χ2n) is 39.9. The number of halogens is 4. The lowest BCUT2D eigenvalue weighted by molar-refractivity contribution is -0.0568. The van der Waals surface area contributed by atoms with E-state index < -0.39 is 87.8 Å². The molecule has 34 nitrogen and oxygen atoms in total. The number of nitriles is 1. The zero-order chi connectivity index (χ0) is 107. The Labute approximate surface area is 878 Å². The third-order valence-electron chi connectivity index (χ3n) is 26.7. The number of rotatable bonds is 35. The van der Waals surface area contributed by atoms with Gasteiger partial charge in [-0.3, -0.25) is 24.2 Å². The highest BCUT2D eigenvalue weighted by Crippen LogP contribution is 2.49. The van der Waals surface area contributed by atoms with E-state index in [4.69, 9.17) is 23.7 Å². The summed E-state index contributed by atoms with van der Waals surface area (Å²) in [7, 11) is 3.86. The molecule has 3 aliphatic heterocycles. The van der Waals surface area contributed by atoms with Crippen LogP contribution >= 0.6 is 12.4 Å². The molecule has 3 saturated heterocycles. The second-order valence-corrected chi connectivity index (χ2v) is 39.9. The highest BCUT2D eigenvalue weighted by molar-refractivity contribution is 5.96. The van der Waals surface area contributed by atoms with Gasteiger partial charge in [-0.2, -0.15) is 15.7 Å². The first-order valence-electron chi connectivity index (χ1n) is 50.1. The number of tetrazole rings is 2. The van der Waals surface area contributed by atoms with Crippen molar-refractivity contribution in [2.24, 2.45) is 17.8 Å². The first-order valence-corrected chi connectivity index (χ1v) is 50.1. The average molecular weight is 2080 g/mol. The SMILES string of the molecule is COC(=O)NCCCC(O)(c1cccc(F)c1-c1cccc(C)c1)[C@@H]1CCCN(C(=O)c2ccc(CN(CC#N)C(=O)OC(C)(C)C)cc2)C1.COC(=O)NCCCC(O)(c1cccc(F)c1-c1cccc(C)c1)[C@@H]1CCCN(C(=O)c2ccc(CN(Cc3nn[nH]n3)C(=O)OC(C)(C)C)cc2)C1.COC(=O)NCCCC(O)(c1cccc(F)c1-c1cccc(C)c1)[C@@H]1CCCN(C(=O)c2ccc(CNCc3nn[nH]n3)cc2)C1.Cl. The predicted octanol–water partition coefficient (Wildman–Crippen LogP) is 18.0. The van der Waals surface area contributed by atoms with Gasteiger partial charge in [0.1, 0.15) is 35.2 Å². The van der Waals surface area contributed by atoms with Gasteiger partial charge in [-0.15, -0.1) is 32.8 Å². The summed E-state index contributed by atoms with van der Waals surface area (Å²) in [4.78, 5) is 110. The molecule has 0 aliphatic carbocycles. The van der Waals surface area contributed by atoms with Crippen LogP contribution in [0.15, 0.2) is 200 Å². The number of methoxy groups -OCH3 is 3. The molecule has 9 aromatic carbocycles. The smallest absolute Gasteiger partial charge is 0.411 e. The monoisotopic (exact) mass is 2080 g/mol. The van der Waals surface area contributed by atoms with Gasteiger partial charge in [-0.05, 0) is 244 Å². The standard InChI is InChI=1S/C39H48FN7O6.C39H47FN4O6.C34H40FN7O4.ClH/c1-26-10-6-11-29(22-26)34-31(13-7-14-32(34)40)39(51,19-9-20-41-36(49)52-5)30-12-8-21-46(24-30)35(48)28-17-15-27(16-18-28)23-47(25-33-42-44-45-43-33)37(50)53-38(2,3)4;1-27-10-6-11-30(24-27)34-32(13-7-14-33(34)40)39(48,19-9-21-42-36(46)49-5)31-12-8-22-43(26-31)35(45)29-17-15-28(16-18-29)25-44(23-20-41)37(47)50-38(2,3)4;1-23-7-3-8-26(19-23)31-28(10-4-11-29(31)35)34(45,16-6-17-37-33(44)46-2)27-9-5-18-42(22-27)32(43)25-14-12-24(13-15-25)20-36-21-30-38-40-41-39-30;/h6-7,10-11,13-18,22,30,51H,8-9,12,19-21,23-25H2,1-5H3,(H,41,49)(H,42,43,44,45);6-7,10-11,13-18,24,31,48H,8-9,12,19,21-23,25-26H2,1-5H3,(H,42,46);3-4,7-8,10-15,19,27,36,45H,5-6,9,16-18,20-22H2,1-2H3,(H,37,44)(H,38,39,40,41);1H/t30-,39?;31-,39?;27-,34?;/m111./s1. The Kier molecular flexibility index (Phi) is 41.6. The van der Waals surface area contributed by atoms with E-state index in [9.17, 15) is 58.9 Å². The molecule has 798 valence electrons. The third-order valence-corrected chi connectivity index (χ3v) is 26.7. The molecule has 11 aromatic rings. The minimum absolute atomic E-state index is 0. The quantitative estimate of drug-likeness (QED) is 0.0101. The number of carbonyl (C=O) groups is 8. The fourth-order valence-electron chi connectivity index (χ4n) is 19.5. The molecule has 5 heterocycles. The van der Waals surface area contributed by atoms with Crippen LogP contribution in [0, 0.1) is 67.3 Å². The van der Waals surface area contributed by atoms with Crippen LogP contribution in [0.1, 0.15) is 211 Å². The lowest BCUT2D eigenvalue weighted by atomic mass is 9.72. The molecule has 0 radical (unpaired) electrons. The van der Waals surface area contributed by atoms with Gasteiger partial charge in [0.05, 0.1) is 63.8 Å². The number of nitrogens with zero attached hydrogens (tertiary/aromatic N) is 12. The van der Waals surface area contributed by atoms with Gasteiger partial charge in [0.2, 0.25) is 0 Å². The molecule has 0 bridgehead atoms. The minimum atomic E-state index is -1.54. The summed E-state index contributed by atoms with van der Waals surface area (Å²) in [5, 5.41) is 86.3. The van der Waals surface area contributed by atoms with E-state index in [1.165, 1.54) is 49.3 Å². The number of aromatic amines is 2. The van der Waals surface area contributed by atoms with Crippen LogP contribution in [-0.2, 0) is 73.2 Å². The molecule has 3 fully saturated rings. The largest absolute Gasteiger partial charge is 0.453 e. The molecule has 6 atom stereocenters. The van der Waals surface area contributed by atoms with Crippen LogP contribution in [0.25, 0.3) is 33.4 Å². The Morgan fingerprint density at radius 1 is 0.433 bits per heavy atom. The maximum atomic E-state index is 15.8. The molecule has 0 spiro atoms. The van der Waals surface area contributed by atoms with Crippen molar-refractivity contribution in [2.45, 2.75) is 200 Å². The summed E-state index contributed by atoms with van der Waals surface area (Å²) < 4.78 is 72.2. The number of H-pyrrole nitrogens is 2. The van der Waals surface area contributed by atoms with Crippen molar-refractivity contribution in [3.63, 3.8) is 0 Å². The van der Waals surface area contributed by atoms with Crippen LogP contribution in [-0.4, -0.2) is 227 Å². The van der Waals surface area contributed by atoms with E-state index >= 15 is 13.2 Å². The molecule has 14 rings (SSSR count). The fourth-order valence-corrected chi connectivity index (χ4v) is 19.5. The summed E-state index contributed by atoms with van der Waals surface area (Å²) >= 11 is 0. The molecular formula is C112H136ClF3N18O16. The van der Waals surface area contributed by atoms with Crippen LogP contribution in [0.5, 0.6) is 0 Å².